The molecule has 140 valence electrons. The van der Waals surface area contributed by atoms with Crippen molar-refractivity contribution in [1.82, 2.24) is 9.62 Å². The Morgan fingerprint density at radius 1 is 1.00 bits per heavy atom. The maximum atomic E-state index is 13.9. The molecule has 0 aromatic heterocycles. The molecule has 2 aromatic carbocycles. The Morgan fingerprint density at radius 2 is 1.65 bits per heavy atom. The van der Waals surface area contributed by atoms with Crippen molar-refractivity contribution in [1.29, 1.82) is 0 Å². The normalized spacial score (nSPS) is 16.0. The molecule has 1 fully saturated rings. The van der Waals surface area contributed by atoms with E-state index < -0.39 is 10.0 Å². The second-order valence-corrected chi connectivity index (χ2v) is 8.25. The van der Waals surface area contributed by atoms with E-state index in [9.17, 15) is 12.8 Å². The van der Waals surface area contributed by atoms with Crippen LogP contribution in [0.4, 0.5) is 10.1 Å². The van der Waals surface area contributed by atoms with Crippen molar-refractivity contribution in [3.8, 4) is 0 Å². The molecule has 2 aromatic rings. The van der Waals surface area contributed by atoms with Crippen LogP contribution in [-0.2, 0) is 10.0 Å². The van der Waals surface area contributed by atoms with Crippen LogP contribution in [0.3, 0.4) is 0 Å². The molecule has 0 aliphatic carbocycles. The maximum Gasteiger partial charge on any atom is 0.242 e. The van der Waals surface area contributed by atoms with Gasteiger partial charge in [0.15, 0.2) is 0 Å². The van der Waals surface area contributed by atoms with E-state index in [2.05, 4.69) is 9.62 Å². The van der Waals surface area contributed by atoms with Crippen LogP contribution in [-0.4, -0.2) is 52.6 Å². The van der Waals surface area contributed by atoms with E-state index in [4.69, 9.17) is 11.6 Å². The summed E-state index contributed by atoms with van der Waals surface area (Å²) in [4.78, 5) is 4.26. The quantitative estimate of drug-likeness (QED) is 0.814. The summed E-state index contributed by atoms with van der Waals surface area (Å²) in [6.45, 7) is 3.81. The van der Waals surface area contributed by atoms with Crippen molar-refractivity contribution in [3.05, 3.63) is 59.4 Å². The summed E-state index contributed by atoms with van der Waals surface area (Å²) in [5.41, 5.74) is 0.617. The van der Waals surface area contributed by atoms with Crippen LogP contribution in [0.5, 0.6) is 0 Å². The molecule has 0 atom stereocenters. The van der Waals surface area contributed by atoms with Crippen LogP contribution in [0.15, 0.2) is 53.4 Å². The van der Waals surface area contributed by atoms with Gasteiger partial charge in [-0.2, -0.15) is 0 Å². The zero-order chi connectivity index (χ0) is 18.6. The average Bonchev–Trinajstić information content (AvgIpc) is 2.63. The summed E-state index contributed by atoms with van der Waals surface area (Å²) < 4.78 is 41.1. The number of hydrogen-bond acceptors (Lipinski definition) is 4. The molecule has 26 heavy (non-hydrogen) atoms. The predicted molar refractivity (Wildman–Crippen MR) is 102 cm³/mol. The number of nitrogens with one attached hydrogen (secondary N) is 1. The molecule has 5 nitrogen and oxygen atoms in total. The van der Waals surface area contributed by atoms with Gasteiger partial charge < -0.3 is 4.90 Å². The van der Waals surface area contributed by atoms with Crippen molar-refractivity contribution >= 4 is 27.3 Å². The number of hydrogen-bond donors (Lipinski definition) is 1. The first-order chi connectivity index (χ1) is 12.5. The van der Waals surface area contributed by atoms with E-state index in [1.54, 1.807) is 30.3 Å². The van der Waals surface area contributed by atoms with Crippen LogP contribution in [0.1, 0.15) is 0 Å². The van der Waals surface area contributed by atoms with Gasteiger partial charge in [-0.05, 0) is 24.3 Å². The van der Waals surface area contributed by atoms with E-state index in [0.29, 0.717) is 31.9 Å². The highest BCUT2D eigenvalue weighted by Gasteiger charge is 2.21. The first kappa shape index (κ1) is 19.1. The van der Waals surface area contributed by atoms with Gasteiger partial charge >= 0.3 is 0 Å². The van der Waals surface area contributed by atoms with E-state index in [0.717, 1.165) is 13.1 Å². The van der Waals surface area contributed by atoms with E-state index in [-0.39, 0.29) is 15.7 Å². The molecule has 1 N–H and O–H groups in total. The summed E-state index contributed by atoms with van der Waals surface area (Å²) in [6.07, 6.45) is 0. The minimum Gasteiger partial charge on any atom is -0.367 e. The average molecular weight is 398 g/mol. The topological polar surface area (TPSA) is 52.7 Å². The minimum absolute atomic E-state index is 0.0889. The van der Waals surface area contributed by atoms with Crippen molar-refractivity contribution < 1.29 is 12.8 Å². The highest BCUT2D eigenvalue weighted by molar-refractivity contribution is 7.89. The van der Waals surface area contributed by atoms with Crippen molar-refractivity contribution in [2.24, 2.45) is 0 Å². The molecule has 1 aliphatic heterocycles. The summed E-state index contributed by atoms with van der Waals surface area (Å²) >= 11 is 5.96. The molecule has 3 rings (SSSR count). The lowest BCUT2D eigenvalue weighted by atomic mass is 10.2. The van der Waals surface area contributed by atoms with Gasteiger partial charge in [-0.25, -0.2) is 17.5 Å². The monoisotopic (exact) mass is 397 g/mol. The Kier molecular flexibility index (Phi) is 6.13. The summed E-state index contributed by atoms with van der Waals surface area (Å²) in [6, 6.07) is 13.1. The molecule has 1 saturated heterocycles. The van der Waals surface area contributed by atoms with Crippen LogP contribution in [0.2, 0.25) is 5.02 Å². The SMILES string of the molecule is O=S(=O)(NCCN1CCN(c2ccccc2F)CC1)c1ccccc1Cl. The Labute approximate surface area is 158 Å². The third kappa shape index (κ3) is 4.54. The summed E-state index contributed by atoms with van der Waals surface area (Å²) in [5, 5.41) is 0.207. The van der Waals surface area contributed by atoms with Gasteiger partial charge in [0, 0.05) is 39.3 Å². The Bertz CT molecular complexity index is 855. The van der Waals surface area contributed by atoms with Crippen LogP contribution in [0, 0.1) is 5.82 Å². The first-order valence-electron chi connectivity index (χ1n) is 8.43. The van der Waals surface area contributed by atoms with Gasteiger partial charge in [0.05, 0.1) is 10.7 Å². The van der Waals surface area contributed by atoms with Gasteiger partial charge in [-0.3, -0.25) is 4.90 Å². The van der Waals surface area contributed by atoms with Crippen molar-refractivity contribution in [2.45, 2.75) is 4.90 Å². The first-order valence-corrected chi connectivity index (χ1v) is 10.3. The zero-order valence-corrected chi connectivity index (χ0v) is 15.8. The third-order valence-corrected chi connectivity index (χ3v) is 6.37. The zero-order valence-electron chi connectivity index (χ0n) is 14.2. The highest BCUT2D eigenvalue weighted by Crippen LogP contribution is 2.21. The van der Waals surface area contributed by atoms with Crippen molar-refractivity contribution in [3.63, 3.8) is 0 Å². The Balaban J connectivity index is 1.49. The molecule has 0 spiro atoms. The summed E-state index contributed by atoms with van der Waals surface area (Å²) in [7, 11) is -3.62. The molecular formula is C18H21ClFN3O2S. The van der Waals surface area contributed by atoms with Gasteiger partial charge in [-0.15, -0.1) is 0 Å². The van der Waals surface area contributed by atoms with Gasteiger partial charge in [0.1, 0.15) is 10.7 Å². The van der Waals surface area contributed by atoms with Gasteiger partial charge in [0.2, 0.25) is 10.0 Å². The minimum atomic E-state index is -3.62. The van der Waals surface area contributed by atoms with Crippen LogP contribution < -0.4 is 9.62 Å². The maximum absolute atomic E-state index is 13.9. The van der Waals surface area contributed by atoms with Crippen LogP contribution in [0.25, 0.3) is 0 Å². The molecule has 0 radical (unpaired) electrons. The Morgan fingerprint density at radius 3 is 2.35 bits per heavy atom. The molecule has 8 heteroatoms. The molecule has 0 amide bonds. The molecule has 0 saturated carbocycles. The lowest BCUT2D eigenvalue weighted by Gasteiger charge is -2.36. The van der Waals surface area contributed by atoms with Gasteiger partial charge in [0.25, 0.3) is 0 Å². The third-order valence-electron chi connectivity index (χ3n) is 4.41. The number of para-hydroxylation sites is 1. The van der Waals surface area contributed by atoms with E-state index >= 15 is 0 Å². The van der Waals surface area contributed by atoms with Crippen LogP contribution >= 0.6 is 11.6 Å². The molecule has 1 aliphatic rings. The molecule has 0 unspecified atom stereocenters. The lowest BCUT2D eigenvalue weighted by Crippen LogP contribution is -2.48. The van der Waals surface area contributed by atoms with Gasteiger partial charge in [-0.1, -0.05) is 35.9 Å². The largest absolute Gasteiger partial charge is 0.367 e. The fourth-order valence-corrected chi connectivity index (χ4v) is 4.54. The Hall–Kier alpha value is -1.67. The standard InChI is InChI=1S/C18H21ClFN3O2S/c19-15-5-1-4-8-18(15)26(24,25)21-9-10-22-11-13-23(14-12-22)17-7-3-2-6-16(17)20/h1-8,21H,9-14H2. The highest BCUT2D eigenvalue weighted by atomic mass is 35.5. The fourth-order valence-electron chi connectivity index (χ4n) is 3.00. The van der Waals surface area contributed by atoms with E-state index in [1.165, 1.54) is 12.1 Å². The van der Waals surface area contributed by atoms with Crippen molar-refractivity contribution in [2.75, 3.05) is 44.2 Å². The fraction of sp³-hybridized carbons (Fsp3) is 0.333. The lowest BCUT2D eigenvalue weighted by molar-refractivity contribution is 0.261. The number of sulfonamides is 1. The van der Waals surface area contributed by atoms with E-state index in [1.807, 2.05) is 11.0 Å². The number of rotatable bonds is 6. The number of piperazine rings is 1. The second kappa shape index (κ2) is 8.35. The number of benzene rings is 2. The second-order valence-electron chi connectivity index (χ2n) is 6.11. The molecular weight excluding hydrogens is 377 g/mol. The number of halogens is 2. The smallest absolute Gasteiger partial charge is 0.242 e. The molecule has 0 bridgehead atoms. The predicted octanol–water partition coefficient (Wildman–Crippen LogP) is 2.58. The summed E-state index contributed by atoms with van der Waals surface area (Å²) in [5.74, 6) is -0.214. The number of anilines is 1. The molecule has 1 heterocycles. The number of nitrogens with zero attached hydrogens (tertiary/aromatic N) is 2.